The molecule has 8 nitrogen and oxygen atoms in total. The fraction of sp³-hybridized carbons (Fsp3) is 0.722. The summed E-state index contributed by atoms with van der Waals surface area (Å²) in [5, 5.41) is 6.19. The van der Waals surface area contributed by atoms with Crippen LogP contribution in [0.1, 0.15) is 38.4 Å². The summed E-state index contributed by atoms with van der Waals surface area (Å²) >= 11 is 0. The number of rotatable bonds is 13. The molecule has 0 atom stereocenters. The summed E-state index contributed by atoms with van der Waals surface area (Å²) < 4.78 is 37.4. The van der Waals surface area contributed by atoms with E-state index in [2.05, 4.69) is 20.3 Å². The van der Waals surface area contributed by atoms with Gasteiger partial charge in [-0.05, 0) is 44.2 Å². The minimum atomic E-state index is -3.24. The quantitative estimate of drug-likeness (QED) is 0.263. The summed E-state index contributed by atoms with van der Waals surface area (Å²) in [6.07, 6.45) is 5.87. The third-order valence-corrected chi connectivity index (χ3v) is 5.71. The van der Waals surface area contributed by atoms with Gasteiger partial charge in [0.1, 0.15) is 12.4 Å². The van der Waals surface area contributed by atoms with Gasteiger partial charge in [0.05, 0.1) is 12.0 Å². The number of nitrogens with one attached hydrogen (secondary N) is 3. The van der Waals surface area contributed by atoms with E-state index in [1.165, 1.54) is 6.42 Å². The molecule has 9 heteroatoms. The summed E-state index contributed by atoms with van der Waals surface area (Å²) in [4.78, 5) is 4.44. The first-order chi connectivity index (χ1) is 13.1. The van der Waals surface area contributed by atoms with E-state index in [9.17, 15) is 8.42 Å². The molecule has 1 aromatic heterocycles. The van der Waals surface area contributed by atoms with Gasteiger partial charge in [-0.15, -0.1) is 0 Å². The Bertz CT molecular complexity index is 642. The molecule has 0 saturated heterocycles. The molecule has 0 bridgehead atoms. The van der Waals surface area contributed by atoms with E-state index in [1.807, 2.05) is 19.1 Å². The fourth-order valence-corrected chi connectivity index (χ4v) is 3.59. The highest BCUT2D eigenvalue weighted by atomic mass is 32.2. The Hall–Kier alpha value is -1.58. The summed E-state index contributed by atoms with van der Waals surface area (Å²) in [6, 6.07) is 3.71. The van der Waals surface area contributed by atoms with E-state index in [1.54, 1.807) is 6.26 Å². The lowest BCUT2D eigenvalue weighted by Crippen LogP contribution is -2.42. The first-order valence-corrected chi connectivity index (χ1v) is 11.3. The van der Waals surface area contributed by atoms with E-state index in [-0.39, 0.29) is 5.75 Å². The Morgan fingerprint density at radius 1 is 1.37 bits per heavy atom. The lowest BCUT2D eigenvalue weighted by atomic mass is 9.86. The van der Waals surface area contributed by atoms with E-state index >= 15 is 0 Å². The van der Waals surface area contributed by atoms with Crippen LogP contribution in [0, 0.1) is 5.92 Å². The van der Waals surface area contributed by atoms with E-state index in [4.69, 9.17) is 9.15 Å². The zero-order valence-electron chi connectivity index (χ0n) is 16.1. The van der Waals surface area contributed by atoms with Crippen LogP contribution in [0.15, 0.2) is 27.8 Å². The Morgan fingerprint density at radius 3 is 2.89 bits per heavy atom. The van der Waals surface area contributed by atoms with Crippen molar-refractivity contribution in [2.45, 2.75) is 39.2 Å². The molecule has 0 amide bonds. The van der Waals surface area contributed by atoms with Gasteiger partial charge in [0.2, 0.25) is 10.0 Å². The Balaban J connectivity index is 1.59. The van der Waals surface area contributed by atoms with Crippen LogP contribution < -0.4 is 15.4 Å². The normalized spacial score (nSPS) is 15.5. The lowest BCUT2D eigenvalue weighted by Gasteiger charge is -2.25. The third-order valence-electron chi connectivity index (χ3n) is 4.37. The lowest BCUT2D eigenvalue weighted by molar-refractivity contribution is 0.105. The number of ether oxygens (including phenoxy) is 1. The van der Waals surface area contributed by atoms with Crippen molar-refractivity contribution in [2.75, 3.05) is 38.5 Å². The predicted octanol–water partition coefficient (Wildman–Crippen LogP) is 1.46. The molecule has 1 saturated carbocycles. The molecule has 154 valence electrons. The van der Waals surface area contributed by atoms with Crippen molar-refractivity contribution in [3.05, 3.63) is 24.2 Å². The maximum atomic E-state index is 12.0. The molecule has 0 radical (unpaired) electrons. The van der Waals surface area contributed by atoms with Crippen LogP contribution in [0.2, 0.25) is 0 Å². The Kier molecular flexibility index (Phi) is 9.65. The first-order valence-electron chi connectivity index (χ1n) is 9.68. The number of hydrogen-bond donors (Lipinski definition) is 3. The highest BCUT2D eigenvalue weighted by molar-refractivity contribution is 7.89. The van der Waals surface area contributed by atoms with Gasteiger partial charge in [0.25, 0.3) is 0 Å². The zero-order chi connectivity index (χ0) is 19.4. The second kappa shape index (κ2) is 12.0. The van der Waals surface area contributed by atoms with Gasteiger partial charge < -0.3 is 19.8 Å². The SMILES string of the molecule is CCNC(=NCCCOCc1ccco1)NCCS(=O)(=O)NCC1CCC1. The monoisotopic (exact) mass is 400 g/mol. The Labute approximate surface area is 162 Å². The van der Waals surface area contributed by atoms with Gasteiger partial charge in [-0.25, -0.2) is 13.1 Å². The molecule has 0 spiro atoms. The topological polar surface area (TPSA) is 105 Å². The first kappa shape index (κ1) is 21.7. The summed E-state index contributed by atoms with van der Waals surface area (Å²) in [7, 11) is -3.24. The van der Waals surface area contributed by atoms with Crippen molar-refractivity contribution in [3.63, 3.8) is 0 Å². The molecule has 1 aliphatic rings. The largest absolute Gasteiger partial charge is 0.467 e. The van der Waals surface area contributed by atoms with Crippen LogP contribution in [-0.4, -0.2) is 52.9 Å². The average Bonchev–Trinajstić information content (AvgIpc) is 3.09. The third kappa shape index (κ3) is 9.25. The van der Waals surface area contributed by atoms with Crippen LogP contribution in [0.3, 0.4) is 0 Å². The molecule has 3 N–H and O–H groups in total. The molecular weight excluding hydrogens is 368 g/mol. The fourth-order valence-electron chi connectivity index (χ4n) is 2.58. The van der Waals surface area contributed by atoms with Gasteiger partial charge in [-0.3, -0.25) is 4.99 Å². The molecule has 1 aliphatic carbocycles. The smallest absolute Gasteiger partial charge is 0.213 e. The van der Waals surface area contributed by atoms with Gasteiger partial charge in [0, 0.05) is 32.8 Å². The molecule has 0 aromatic carbocycles. The minimum Gasteiger partial charge on any atom is -0.467 e. The molecular formula is C18H32N4O4S. The van der Waals surface area contributed by atoms with Crippen LogP contribution >= 0.6 is 0 Å². The number of furan rings is 1. The molecule has 1 aromatic rings. The highest BCUT2D eigenvalue weighted by Crippen LogP contribution is 2.25. The summed E-state index contributed by atoms with van der Waals surface area (Å²) in [6.45, 7) is 5.22. The van der Waals surface area contributed by atoms with Crippen molar-refractivity contribution in [2.24, 2.45) is 10.9 Å². The van der Waals surface area contributed by atoms with Crippen molar-refractivity contribution < 1.29 is 17.6 Å². The number of sulfonamides is 1. The van der Waals surface area contributed by atoms with Gasteiger partial charge in [-0.2, -0.15) is 0 Å². The van der Waals surface area contributed by atoms with Gasteiger partial charge >= 0.3 is 0 Å². The number of aliphatic imine (C=N–C) groups is 1. The second-order valence-electron chi connectivity index (χ2n) is 6.64. The maximum Gasteiger partial charge on any atom is 0.213 e. The van der Waals surface area contributed by atoms with Gasteiger partial charge in [-0.1, -0.05) is 6.42 Å². The molecule has 27 heavy (non-hydrogen) atoms. The average molecular weight is 401 g/mol. The zero-order valence-corrected chi connectivity index (χ0v) is 16.9. The van der Waals surface area contributed by atoms with Gasteiger partial charge in [0.15, 0.2) is 5.96 Å². The van der Waals surface area contributed by atoms with E-state index in [0.717, 1.165) is 25.0 Å². The molecule has 2 rings (SSSR count). The highest BCUT2D eigenvalue weighted by Gasteiger charge is 2.20. The summed E-state index contributed by atoms with van der Waals surface area (Å²) in [5.74, 6) is 1.98. The number of hydrogen-bond acceptors (Lipinski definition) is 5. The van der Waals surface area contributed by atoms with E-state index in [0.29, 0.717) is 51.3 Å². The van der Waals surface area contributed by atoms with Crippen LogP contribution in [0.25, 0.3) is 0 Å². The molecule has 0 aliphatic heterocycles. The van der Waals surface area contributed by atoms with Crippen LogP contribution in [-0.2, 0) is 21.4 Å². The number of guanidine groups is 1. The van der Waals surface area contributed by atoms with Crippen molar-refractivity contribution in [1.29, 1.82) is 0 Å². The van der Waals surface area contributed by atoms with E-state index < -0.39 is 10.0 Å². The molecule has 1 heterocycles. The van der Waals surface area contributed by atoms with Crippen molar-refractivity contribution >= 4 is 16.0 Å². The standard InChI is InChI=1S/C18H32N4O4S/c1-2-19-18(20-9-5-11-25-15-17-8-4-12-26-17)21-10-13-27(23,24)22-14-16-6-3-7-16/h4,8,12,16,22H,2-3,5-7,9-11,13-15H2,1H3,(H2,19,20,21). The summed E-state index contributed by atoms with van der Waals surface area (Å²) in [5.41, 5.74) is 0. The number of nitrogens with zero attached hydrogens (tertiary/aromatic N) is 1. The van der Waals surface area contributed by atoms with Crippen LogP contribution in [0.4, 0.5) is 0 Å². The van der Waals surface area contributed by atoms with Crippen molar-refractivity contribution in [1.82, 2.24) is 15.4 Å². The Morgan fingerprint density at radius 2 is 2.22 bits per heavy atom. The molecule has 0 unspecified atom stereocenters. The van der Waals surface area contributed by atoms with Crippen molar-refractivity contribution in [3.8, 4) is 0 Å². The van der Waals surface area contributed by atoms with Crippen LogP contribution in [0.5, 0.6) is 0 Å². The maximum absolute atomic E-state index is 12.0. The minimum absolute atomic E-state index is 0.0381. The molecule has 1 fully saturated rings. The second-order valence-corrected chi connectivity index (χ2v) is 8.56. The predicted molar refractivity (Wildman–Crippen MR) is 106 cm³/mol.